The number of aromatic nitrogens is 1. The summed E-state index contributed by atoms with van der Waals surface area (Å²) in [6, 6.07) is 10.0. The number of thiazole rings is 1. The molecule has 1 aliphatic rings. The van der Waals surface area contributed by atoms with Gasteiger partial charge in [0, 0.05) is 22.1 Å². The number of fused-ring (bicyclic) bond motifs is 1. The average molecular weight is 333 g/mol. The average Bonchev–Trinajstić information content (AvgIpc) is 2.94. The van der Waals surface area contributed by atoms with E-state index in [1.165, 1.54) is 28.3 Å². The van der Waals surface area contributed by atoms with Crippen molar-refractivity contribution in [3.05, 3.63) is 40.9 Å². The van der Waals surface area contributed by atoms with E-state index in [1.54, 1.807) is 23.1 Å². The van der Waals surface area contributed by atoms with Gasteiger partial charge in [-0.2, -0.15) is 0 Å². The molecule has 1 aromatic carbocycles. The third-order valence-electron chi connectivity index (χ3n) is 3.47. The van der Waals surface area contributed by atoms with Crippen LogP contribution in [0.3, 0.4) is 0 Å². The molecule has 2 N–H and O–H groups in total. The van der Waals surface area contributed by atoms with Crippen LogP contribution < -0.4 is 10.6 Å². The highest BCUT2D eigenvalue weighted by atomic mass is 32.2. The van der Waals surface area contributed by atoms with Crippen molar-refractivity contribution < 1.29 is 4.79 Å². The first kappa shape index (κ1) is 15.4. The summed E-state index contributed by atoms with van der Waals surface area (Å²) in [7, 11) is 0. The largest absolute Gasteiger partial charge is 0.337 e. The summed E-state index contributed by atoms with van der Waals surface area (Å²) in [5, 5.41) is 6.45. The van der Waals surface area contributed by atoms with Gasteiger partial charge in [-0.1, -0.05) is 18.2 Å². The summed E-state index contributed by atoms with van der Waals surface area (Å²) in [4.78, 5) is 18.9. The van der Waals surface area contributed by atoms with Gasteiger partial charge in [0.05, 0.1) is 5.69 Å². The van der Waals surface area contributed by atoms with Crippen LogP contribution in [0.4, 0.5) is 9.93 Å². The summed E-state index contributed by atoms with van der Waals surface area (Å²) in [5.74, 6) is 0.853. The van der Waals surface area contributed by atoms with Crippen LogP contribution in [0.25, 0.3) is 0 Å². The van der Waals surface area contributed by atoms with E-state index in [2.05, 4.69) is 27.8 Å². The van der Waals surface area contributed by atoms with Gasteiger partial charge in [-0.15, -0.1) is 23.1 Å². The Bertz CT molecular complexity index is 604. The van der Waals surface area contributed by atoms with Crippen LogP contribution in [0.15, 0.2) is 35.2 Å². The number of amides is 2. The van der Waals surface area contributed by atoms with Crippen molar-refractivity contribution in [2.24, 2.45) is 0 Å². The van der Waals surface area contributed by atoms with E-state index in [0.717, 1.165) is 23.7 Å². The Morgan fingerprint density at radius 2 is 2.05 bits per heavy atom. The van der Waals surface area contributed by atoms with Crippen LogP contribution in [0.5, 0.6) is 0 Å². The van der Waals surface area contributed by atoms with Crippen LogP contribution in [0.2, 0.25) is 0 Å². The van der Waals surface area contributed by atoms with E-state index >= 15 is 0 Å². The van der Waals surface area contributed by atoms with E-state index in [1.807, 2.05) is 18.2 Å². The lowest BCUT2D eigenvalue weighted by molar-refractivity contribution is 0.252. The van der Waals surface area contributed by atoms with Gasteiger partial charge >= 0.3 is 6.03 Å². The zero-order valence-corrected chi connectivity index (χ0v) is 13.9. The van der Waals surface area contributed by atoms with Gasteiger partial charge in [0.25, 0.3) is 0 Å². The van der Waals surface area contributed by atoms with Crippen molar-refractivity contribution in [2.45, 2.75) is 30.6 Å². The topological polar surface area (TPSA) is 54.0 Å². The van der Waals surface area contributed by atoms with Crippen molar-refractivity contribution in [1.29, 1.82) is 0 Å². The highest BCUT2D eigenvalue weighted by molar-refractivity contribution is 7.99. The molecule has 0 unspecified atom stereocenters. The summed E-state index contributed by atoms with van der Waals surface area (Å²) >= 11 is 3.35. The van der Waals surface area contributed by atoms with Crippen LogP contribution in [0, 0.1) is 0 Å². The van der Waals surface area contributed by atoms with Crippen LogP contribution in [0.1, 0.15) is 23.4 Å². The molecular formula is C16H19N3OS2. The molecule has 6 heteroatoms. The first-order chi connectivity index (χ1) is 10.8. The van der Waals surface area contributed by atoms with E-state index in [-0.39, 0.29) is 6.03 Å². The van der Waals surface area contributed by atoms with Crippen molar-refractivity contribution in [3.63, 3.8) is 0 Å². The van der Waals surface area contributed by atoms with Crippen LogP contribution >= 0.6 is 23.1 Å². The Hall–Kier alpha value is -1.53. The summed E-state index contributed by atoms with van der Waals surface area (Å²) in [6.45, 7) is 0.635. The normalized spacial score (nSPS) is 13.5. The Kier molecular flexibility index (Phi) is 5.34. The second kappa shape index (κ2) is 7.65. The Morgan fingerprint density at radius 3 is 2.86 bits per heavy atom. The number of rotatable bonds is 5. The molecule has 0 fully saturated rings. The lowest BCUT2D eigenvalue weighted by Crippen LogP contribution is -2.30. The Morgan fingerprint density at radius 1 is 1.23 bits per heavy atom. The second-order valence-electron chi connectivity index (χ2n) is 5.14. The number of carbonyl (C=O) groups is 1. The van der Waals surface area contributed by atoms with Gasteiger partial charge in [0.15, 0.2) is 5.13 Å². The predicted molar refractivity (Wildman–Crippen MR) is 92.9 cm³/mol. The Balaban J connectivity index is 1.40. The molecule has 0 saturated carbocycles. The summed E-state index contributed by atoms with van der Waals surface area (Å²) in [5.41, 5.74) is 1.17. The number of hydrogen-bond donors (Lipinski definition) is 2. The monoisotopic (exact) mass is 333 g/mol. The molecule has 116 valence electrons. The lowest BCUT2D eigenvalue weighted by atomic mass is 10.0. The SMILES string of the molecule is O=C(NCCSc1ccccc1)Nc1nc2c(s1)CCCC2. The third kappa shape index (κ3) is 4.24. The maximum Gasteiger partial charge on any atom is 0.321 e. The predicted octanol–water partition coefficient (Wildman–Crippen LogP) is 3.94. The molecule has 0 saturated heterocycles. The minimum absolute atomic E-state index is 0.167. The molecule has 0 spiro atoms. The smallest absolute Gasteiger partial charge is 0.321 e. The number of aryl methyl sites for hydroxylation is 2. The molecule has 4 nitrogen and oxygen atoms in total. The first-order valence-electron chi connectivity index (χ1n) is 7.52. The molecule has 2 aromatic rings. The molecule has 0 radical (unpaired) electrons. The number of nitrogens with zero attached hydrogens (tertiary/aromatic N) is 1. The molecule has 0 atom stereocenters. The van der Waals surface area contributed by atoms with Gasteiger partial charge in [-0.25, -0.2) is 9.78 Å². The Labute approximate surface area is 138 Å². The summed E-state index contributed by atoms with van der Waals surface area (Å²) in [6.07, 6.45) is 4.59. The quantitative estimate of drug-likeness (QED) is 0.644. The van der Waals surface area contributed by atoms with Gasteiger partial charge in [-0.3, -0.25) is 5.32 Å². The lowest BCUT2D eigenvalue weighted by Gasteiger charge is -2.06. The number of anilines is 1. The zero-order chi connectivity index (χ0) is 15.2. The van der Waals surface area contributed by atoms with Gasteiger partial charge in [0.1, 0.15) is 0 Å². The van der Waals surface area contributed by atoms with Crippen molar-refractivity contribution in [2.75, 3.05) is 17.6 Å². The number of hydrogen-bond acceptors (Lipinski definition) is 4. The van der Waals surface area contributed by atoms with Crippen molar-refractivity contribution in [1.82, 2.24) is 10.3 Å². The fourth-order valence-corrected chi connectivity index (χ4v) is 4.23. The molecule has 0 aliphatic heterocycles. The van der Waals surface area contributed by atoms with Gasteiger partial charge in [-0.05, 0) is 37.8 Å². The van der Waals surface area contributed by atoms with Crippen LogP contribution in [-0.2, 0) is 12.8 Å². The number of nitrogens with one attached hydrogen (secondary N) is 2. The molecule has 0 bridgehead atoms. The number of carbonyl (C=O) groups excluding carboxylic acids is 1. The summed E-state index contributed by atoms with van der Waals surface area (Å²) < 4.78 is 0. The molecule has 1 aliphatic carbocycles. The molecule has 3 rings (SSSR count). The second-order valence-corrected chi connectivity index (χ2v) is 7.39. The van der Waals surface area contributed by atoms with Gasteiger partial charge < -0.3 is 5.32 Å². The maximum absolute atomic E-state index is 11.9. The number of urea groups is 1. The standard InChI is InChI=1S/C16H19N3OS2/c20-15(17-10-11-21-12-6-2-1-3-7-12)19-16-18-13-8-4-5-9-14(13)22-16/h1-3,6-7H,4-5,8-11H2,(H2,17,18,19,20). The molecule has 22 heavy (non-hydrogen) atoms. The zero-order valence-electron chi connectivity index (χ0n) is 12.3. The van der Waals surface area contributed by atoms with E-state index in [9.17, 15) is 4.79 Å². The minimum Gasteiger partial charge on any atom is -0.337 e. The highest BCUT2D eigenvalue weighted by Crippen LogP contribution is 2.29. The van der Waals surface area contributed by atoms with Crippen molar-refractivity contribution >= 4 is 34.3 Å². The van der Waals surface area contributed by atoms with Crippen molar-refractivity contribution in [3.8, 4) is 0 Å². The number of thioether (sulfide) groups is 1. The molecule has 1 aromatic heterocycles. The molecule has 1 heterocycles. The minimum atomic E-state index is -0.167. The molecular weight excluding hydrogens is 314 g/mol. The number of benzene rings is 1. The fourth-order valence-electron chi connectivity index (χ4n) is 2.40. The van der Waals surface area contributed by atoms with Gasteiger partial charge in [0.2, 0.25) is 0 Å². The third-order valence-corrected chi connectivity index (χ3v) is 5.55. The molecule has 2 amide bonds. The maximum atomic E-state index is 11.9. The van der Waals surface area contributed by atoms with E-state index in [4.69, 9.17) is 0 Å². The fraction of sp³-hybridized carbons (Fsp3) is 0.375. The van der Waals surface area contributed by atoms with E-state index in [0.29, 0.717) is 6.54 Å². The van der Waals surface area contributed by atoms with Crippen LogP contribution in [-0.4, -0.2) is 23.3 Å². The first-order valence-corrected chi connectivity index (χ1v) is 9.33. The van der Waals surface area contributed by atoms with E-state index < -0.39 is 0 Å². The highest BCUT2D eigenvalue weighted by Gasteiger charge is 2.16.